The molecule has 6 nitrogen and oxygen atoms in total. The SMILES string of the molecule is COc1ccc(C(C)(C)C)cc1NC(=O)C[C@H](NC(N)=O)c1cccs1. The van der Waals surface area contributed by atoms with Gasteiger partial charge in [0.15, 0.2) is 0 Å². The van der Waals surface area contributed by atoms with Crippen molar-refractivity contribution in [3.63, 3.8) is 0 Å². The number of primary amides is 1. The first kappa shape index (κ1) is 19.8. The molecular weight excluding hydrogens is 350 g/mol. The van der Waals surface area contributed by atoms with Gasteiger partial charge in [-0.1, -0.05) is 32.9 Å². The lowest BCUT2D eigenvalue weighted by molar-refractivity contribution is -0.116. The van der Waals surface area contributed by atoms with Crippen molar-refractivity contribution in [2.45, 2.75) is 38.6 Å². The monoisotopic (exact) mass is 375 g/mol. The average molecular weight is 375 g/mol. The molecule has 0 aliphatic carbocycles. The van der Waals surface area contributed by atoms with Crippen LogP contribution in [-0.2, 0) is 10.2 Å². The van der Waals surface area contributed by atoms with Crippen LogP contribution in [0.15, 0.2) is 35.7 Å². The molecule has 0 saturated carbocycles. The number of anilines is 1. The van der Waals surface area contributed by atoms with Crippen molar-refractivity contribution in [1.82, 2.24) is 5.32 Å². The third-order valence-corrected chi connectivity index (χ3v) is 4.92. The van der Waals surface area contributed by atoms with E-state index in [1.807, 2.05) is 35.7 Å². The summed E-state index contributed by atoms with van der Waals surface area (Å²) in [6, 6.07) is 8.33. The van der Waals surface area contributed by atoms with Gasteiger partial charge < -0.3 is 21.1 Å². The Bertz CT molecular complexity index is 767. The van der Waals surface area contributed by atoms with Gasteiger partial charge in [-0.2, -0.15) is 0 Å². The van der Waals surface area contributed by atoms with Crippen LogP contribution in [0.2, 0.25) is 0 Å². The number of nitrogens with two attached hydrogens (primary N) is 1. The summed E-state index contributed by atoms with van der Waals surface area (Å²) in [6.45, 7) is 6.30. The van der Waals surface area contributed by atoms with Gasteiger partial charge >= 0.3 is 6.03 Å². The molecule has 140 valence electrons. The Labute approximate surface area is 157 Å². The Morgan fingerprint density at radius 3 is 2.54 bits per heavy atom. The zero-order chi connectivity index (χ0) is 19.3. The maximum Gasteiger partial charge on any atom is 0.312 e. The first-order valence-corrected chi connectivity index (χ1v) is 9.16. The summed E-state index contributed by atoms with van der Waals surface area (Å²) in [6.07, 6.45) is 0.0757. The van der Waals surface area contributed by atoms with Crippen molar-refractivity contribution in [3.8, 4) is 5.75 Å². The first-order valence-electron chi connectivity index (χ1n) is 8.28. The summed E-state index contributed by atoms with van der Waals surface area (Å²) >= 11 is 1.46. The number of amides is 3. The number of thiophene rings is 1. The molecule has 1 atom stereocenters. The number of hydrogen-bond acceptors (Lipinski definition) is 4. The van der Waals surface area contributed by atoms with Gasteiger partial charge in [0.1, 0.15) is 5.75 Å². The molecule has 0 unspecified atom stereocenters. The molecule has 0 aliphatic heterocycles. The Balaban J connectivity index is 2.18. The second-order valence-electron chi connectivity index (χ2n) is 6.99. The highest BCUT2D eigenvalue weighted by Gasteiger charge is 2.21. The quantitative estimate of drug-likeness (QED) is 0.717. The fraction of sp³-hybridized carbons (Fsp3) is 0.368. The van der Waals surface area contributed by atoms with Gasteiger partial charge in [0.25, 0.3) is 0 Å². The Hall–Kier alpha value is -2.54. The van der Waals surface area contributed by atoms with E-state index in [9.17, 15) is 9.59 Å². The van der Waals surface area contributed by atoms with E-state index >= 15 is 0 Å². The van der Waals surface area contributed by atoms with E-state index < -0.39 is 12.1 Å². The lowest BCUT2D eigenvalue weighted by Gasteiger charge is -2.22. The van der Waals surface area contributed by atoms with E-state index in [1.165, 1.54) is 11.3 Å². The topological polar surface area (TPSA) is 93.4 Å². The van der Waals surface area contributed by atoms with Crippen LogP contribution in [0.25, 0.3) is 0 Å². The Morgan fingerprint density at radius 1 is 1.27 bits per heavy atom. The van der Waals surface area contributed by atoms with Crippen LogP contribution in [0.5, 0.6) is 5.75 Å². The van der Waals surface area contributed by atoms with Crippen molar-refractivity contribution in [2.75, 3.05) is 12.4 Å². The average Bonchev–Trinajstić information content (AvgIpc) is 3.07. The van der Waals surface area contributed by atoms with Gasteiger partial charge in [0.2, 0.25) is 5.91 Å². The number of carbonyl (C=O) groups is 2. The minimum absolute atomic E-state index is 0.0568. The molecule has 2 aromatic rings. The Morgan fingerprint density at radius 2 is 2.00 bits per heavy atom. The van der Waals surface area contributed by atoms with E-state index in [0.717, 1.165) is 10.4 Å². The molecular formula is C19H25N3O3S. The highest BCUT2D eigenvalue weighted by molar-refractivity contribution is 7.10. The van der Waals surface area contributed by atoms with Crippen LogP contribution < -0.4 is 21.1 Å². The third-order valence-electron chi connectivity index (χ3n) is 3.93. The predicted octanol–water partition coefficient (Wildman–Crippen LogP) is 3.79. The van der Waals surface area contributed by atoms with Crippen LogP contribution in [0.3, 0.4) is 0 Å². The standard InChI is InChI=1S/C19H25N3O3S/c1-19(2,3)12-7-8-15(25-4)13(10-12)21-17(23)11-14(22-18(20)24)16-6-5-9-26-16/h5-10,14H,11H2,1-4H3,(H,21,23)(H3,20,22,24)/t14-/m0/s1. The number of carbonyl (C=O) groups excluding carboxylic acids is 2. The zero-order valence-electron chi connectivity index (χ0n) is 15.5. The number of methoxy groups -OCH3 is 1. The van der Waals surface area contributed by atoms with E-state index in [1.54, 1.807) is 7.11 Å². The molecule has 2 rings (SSSR count). The van der Waals surface area contributed by atoms with Gasteiger partial charge in [-0.3, -0.25) is 4.79 Å². The largest absolute Gasteiger partial charge is 0.495 e. The first-order chi connectivity index (χ1) is 12.2. The fourth-order valence-electron chi connectivity index (χ4n) is 2.54. The zero-order valence-corrected chi connectivity index (χ0v) is 16.3. The summed E-state index contributed by atoms with van der Waals surface area (Å²) in [5.74, 6) is 0.350. The fourth-order valence-corrected chi connectivity index (χ4v) is 3.32. The summed E-state index contributed by atoms with van der Waals surface area (Å²) in [5, 5.41) is 7.40. The van der Waals surface area contributed by atoms with E-state index in [4.69, 9.17) is 10.5 Å². The molecule has 3 amide bonds. The minimum atomic E-state index is -0.663. The van der Waals surface area contributed by atoms with E-state index in [2.05, 4.69) is 31.4 Å². The van der Waals surface area contributed by atoms with Crippen LogP contribution >= 0.6 is 11.3 Å². The van der Waals surface area contributed by atoms with Crippen molar-refractivity contribution in [1.29, 1.82) is 0 Å². The van der Waals surface area contributed by atoms with Gasteiger partial charge in [0.05, 0.1) is 25.3 Å². The van der Waals surface area contributed by atoms with Gasteiger partial charge in [-0.05, 0) is 34.6 Å². The van der Waals surface area contributed by atoms with Gasteiger partial charge in [-0.25, -0.2) is 4.79 Å². The molecule has 26 heavy (non-hydrogen) atoms. The van der Waals surface area contributed by atoms with Crippen molar-refractivity contribution >= 4 is 29.0 Å². The molecule has 1 aromatic heterocycles. The lowest BCUT2D eigenvalue weighted by Crippen LogP contribution is -2.34. The molecule has 0 spiro atoms. The molecule has 1 aromatic carbocycles. The number of urea groups is 1. The molecule has 0 fully saturated rings. The maximum atomic E-state index is 12.6. The molecule has 1 heterocycles. The van der Waals surface area contributed by atoms with Gasteiger partial charge in [0, 0.05) is 4.88 Å². The smallest absolute Gasteiger partial charge is 0.312 e. The second kappa shape index (κ2) is 8.23. The summed E-state index contributed by atoms with van der Waals surface area (Å²) in [5.41, 5.74) is 6.87. The lowest BCUT2D eigenvalue weighted by atomic mass is 9.87. The third kappa shape index (κ3) is 5.23. The molecule has 0 saturated heterocycles. The summed E-state index contributed by atoms with van der Waals surface area (Å²) < 4.78 is 5.35. The van der Waals surface area contributed by atoms with Crippen molar-refractivity contribution < 1.29 is 14.3 Å². The molecule has 0 bridgehead atoms. The predicted molar refractivity (Wildman–Crippen MR) is 105 cm³/mol. The highest BCUT2D eigenvalue weighted by Crippen LogP contribution is 2.32. The number of rotatable bonds is 6. The molecule has 7 heteroatoms. The van der Waals surface area contributed by atoms with E-state index in [-0.39, 0.29) is 17.7 Å². The molecule has 4 N–H and O–H groups in total. The summed E-state index contributed by atoms with van der Waals surface area (Å²) in [7, 11) is 1.56. The van der Waals surface area contributed by atoms with Crippen LogP contribution in [0.4, 0.5) is 10.5 Å². The van der Waals surface area contributed by atoms with Crippen molar-refractivity contribution in [2.24, 2.45) is 5.73 Å². The number of ether oxygens (including phenoxy) is 1. The molecule has 0 radical (unpaired) electrons. The van der Waals surface area contributed by atoms with Crippen LogP contribution in [0.1, 0.15) is 43.7 Å². The minimum Gasteiger partial charge on any atom is -0.495 e. The van der Waals surface area contributed by atoms with Crippen LogP contribution in [-0.4, -0.2) is 19.0 Å². The maximum absolute atomic E-state index is 12.6. The number of hydrogen-bond donors (Lipinski definition) is 3. The van der Waals surface area contributed by atoms with Crippen LogP contribution in [0, 0.1) is 0 Å². The van der Waals surface area contributed by atoms with Crippen molar-refractivity contribution in [3.05, 3.63) is 46.2 Å². The summed E-state index contributed by atoms with van der Waals surface area (Å²) in [4.78, 5) is 24.7. The van der Waals surface area contributed by atoms with Gasteiger partial charge in [-0.15, -0.1) is 11.3 Å². The highest BCUT2D eigenvalue weighted by atomic mass is 32.1. The Kier molecular flexibility index (Phi) is 6.26. The second-order valence-corrected chi connectivity index (χ2v) is 7.97. The normalized spacial score (nSPS) is 12.3. The molecule has 0 aliphatic rings. The van der Waals surface area contributed by atoms with E-state index in [0.29, 0.717) is 11.4 Å². The number of benzene rings is 1. The number of nitrogens with one attached hydrogen (secondary N) is 2.